The Hall–Kier alpha value is -1.35. The molecule has 0 spiro atoms. The lowest BCUT2D eigenvalue weighted by Gasteiger charge is -2.33. The molecule has 2 N–H and O–H groups in total. The number of hydrogen-bond acceptors (Lipinski definition) is 2. The highest BCUT2D eigenvalue weighted by Gasteiger charge is 2.42. The van der Waals surface area contributed by atoms with E-state index in [1.807, 2.05) is 38.1 Å². The predicted molar refractivity (Wildman–Crippen MR) is 67.1 cm³/mol. The molecule has 0 bridgehead atoms. The van der Waals surface area contributed by atoms with Gasteiger partial charge in [-0.3, -0.25) is 4.79 Å². The van der Waals surface area contributed by atoms with Gasteiger partial charge in [-0.05, 0) is 30.4 Å². The van der Waals surface area contributed by atoms with Crippen molar-refractivity contribution >= 4 is 5.97 Å². The van der Waals surface area contributed by atoms with E-state index in [4.69, 9.17) is 0 Å². The van der Waals surface area contributed by atoms with Crippen molar-refractivity contribution in [2.75, 3.05) is 6.61 Å². The van der Waals surface area contributed by atoms with Crippen LogP contribution in [-0.2, 0) is 16.6 Å². The topological polar surface area (TPSA) is 57.5 Å². The molecule has 1 aromatic carbocycles. The van der Waals surface area contributed by atoms with E-state index in [1.54, 1.807) is 0 Å². The summed E-state index contributed by atoms with van der Waals surface area (Å²) in [4.78, 5) is 11.3. The summed E-state index contributed by atoms with van der Waals surface area (Å²) in [6.45, 7) is 3.68. The van der Waals surface area contributed by atoms with Crippen LogP contribution in [0.4, 0.5) is 0 Å². The summed E-state index contributed by atoms with van der Waals surface area (Å²) in [7, 11) is 0. The van der Waals surface area contributed by atoms with E-state index < -0.39 is 11.4 Å². The molecule has 0 radical (unpaired) electrons. The smallest absolute Gasteiger partial charge is 0.316 e. The summed E-state index contributed by atoms with van der Waals surface area (Å²) in [5.41, 5.74) is 0.765. The first kappa shape index (κ1) is 13.7. The maximum absolute atomic E-state index is 11.3. The number of hydrogen-bond donors (Lipinski definition) is 2. The second-order valence-corrected chi connectivity index (χ2v) is 4.06. The Labute approximate surface area is 102 Å². The molecular weight excluding hydrogens is 216 g/mol. The zero-order valence-electron chi connectivity index (χ0n) is 10.4. The van der Waals surface area contributed by atoms with Crippen LogP contribution in [0.25, 0.3) is 0 Å². The molecule has 3 heteroatoms. The van der Waals surface area contributed by atoms with Crippen LogP contribution in [0.2, 0.25) is 0 Å². The Kier molecular flexibility index (Phi) is 4.70. The van der Waals surface area contributed by atoms with Crippen LogP contribution in [0.1, 0.15) is 37.8 Å². The molecule has 1 aliphatic rings. The lowest BCUT2D eigenvalue weighted by molar-refractivity contribution is -0.146. The van der Waals surface area contributed by atoms with Crippen molar-refractivity contribution in [3.8, 4) is 0 Å². The molecule has 0 aromatic heterocycles. The van der Waals surface area contributed by atoms with Crippen molar-refractivity contribution in [2.24, 2.45) is 0 Å². The van der Waals surface area contributed by atoms with Crippen LogP contribution in [0.15, 0.2) is 24.3 Å². The van der Waals surface area contributed by atoms with E-state index in [2.05, 4.69) is 0 Å². The molecule has 1 aliphatic carbocycles. The molecule has 0 heterocycles. The van der Waals surface area contributed by atoms with Crippen LogP contribution < -0.4 is 0 Å². The predicted octanol–water partition coefficient (Wildman–Crippen LogP) is 2.36. The Balaban J connectivity index is 0.000000686. The molecule has 0 fully saturated rings. The molecule has 0 saturated carbocycles. The summed E-state index contributed by atoms with van der Waals surface area (Å²) in [5.74, 6) is -0.919. The van der Waals surface area contributed by atoms with Crippen LogP contribution in [0, 0.1) is 0 Å². The minimum atomic E-state index is -1.07. The first-order chi connectivity index (χ1) is 8.20. The first-order valence-electron chi connectivity index (χ1n) is 6.13. The van der Waals surface area contributed by atoms with E-state index in [0.717, 1.165) is 24.0 Å². The van der Waals surface area contributed by atoms with Gasteiger partial charge in [0, 0.05) is 0 Å². The van der Waals surface area contributed by atoms with Gasteiger partial charge in [0.05, 0.1) is 6.61 Å². The SMILES string of the molecule is CC.O=C(O)C1(CO)CCCc2ccccc21. The minimum absolute atomic E-state index is 0.320. The molecule has 94 valence electrons. The highest BCUT2D eigenvalue weighted by atomic mass is 16.4. The summed E-state index contributed by atoms with van der Waals surface area (Å²) in [6.07, 6.45) is 2.25. The van der Waals surface area contributed by atoms with E-state index in [1.165, 1.54) is 0 Å². The summed E-state index contributed by atoms with van der Waals surface area (Å²) in [6, 6.07) is 7.51. The van der Waals surface area contributed by atoms with Gasteiger partial charge in [-0.2, -0.15) is 0 Å². The van der Waals surface area contributed by atoms with Gasteiger partial charge in [-0.15, -0.1) is 0 Å². The van der Waals surface area contributed by atoms with Gasteiger partial charge >= 0.3 is 5.97 Å². The van der Waals surface area contributed by atoms with Crippen molar-refractivity contribution in [1.82, 2.24) is 0 Å². The summed E-state index contributed by atoms with van der Waals surface area (Å²) in [5, 5.41) is 18.7. The molecule has 17 heavy (non-hydrogen) atoms. The first-order valence-corrected chi connectivity index (χ1v) is 6.13. The molecule has 2 rings (SSSR count). The fraction of sp³-hybridized carbons (Fsp3) is 0.500. The number of rotatable bonds is 2. The van der Waals surface area contributed by atoms with E-state index >= 15 is 0 Å². The number of aliphatic carboxylic acids is 1. The second-order valence-electron chi connectivity index (χ2n) is 4.06. The van der Waals surface area contributed by atoms with Crippen molar-refractivity contribution in [2.45, 2.75) is 38.5 Å². The number of fused-ring (bicyclic) bond motifs is 1. The molecule has 1 unspecified atom stereocenters. The van der Waals surface area contributed by atoms with Crippen molar-refractivity contribution < 1.29 is 15.0 Å². The fourth-order valence-corrected chi connectivity index (χ4v) is 2.37. The Bertz CT molecular complexity index is 387. The average molecular weight is 236 g/mol. The third kappa shape index (κ3) is 2.34. The monoisotopic (exact) mass is 236 g/mol. The van der Waals surface area contributed by atoms with Gasteiger partial charge in [-0.1, -0.05) is 38.1 Å². The van der Waals surface area contributed by atoms with E-state index in [9.17, 15) is 15.0 Å². The normalized spacial score (nSPS) is 22.1. The van der Waals surface area contributed by atoms with Crippen molar-refractivity contribution in [3.63, 3.8) is 0 Å². The lowest BCUT2D eigenvalue weighted by atomic mass is 9.70. The number of carboxylic acid groups (broad SMARTS) is 1. The van der Waals surface area contributed by atoms with Gasteiger partial charge < -0.3 is 10.2 Å². The van der Waals surface area contributed by atoms with Gasteiger partial charge in [0.1, 0.15) is 5.41 Å². The largest absolute Gasteiger partial charge is 0.481 e. The molecule has 1 atom stereocenters. The van der Waals surface area contributed by atoms with Crippen molar-refractivity contribution in [1.29, 1.82) is 0 Å². The highest BCUT2D eigenvalue weighted by molar-refractivity contribution is 5.82. The third-order valence-electron chi connectivity index (χ3n) is 3.26. The number of aryl methyl sites for hydroxylation is 1. The van der Waals surface area contributed by atoms with Crippen LogP contribution in [0.3, 0.4) is 0 Å². The summed E-state index contributed by atoms with van der Waals surface area (Å²) < 4.78 is 0. The zero-order valence-corrected chi connectivity index (χ0v) is 10.4. The van der Waals surface area contributed by atoms with Crippen LogP contribution in [0.5, 0.6) is 0 Å². The Morgan fingerprint density at radius 3 is 2.59 bits per heavy atom. The number of aliphatic hydroxyl groups is 1. The quantitative estimate of drug-likeness (QED) is 0.828. The zero-order chi connectivity index (χ0) is 12.9. The Morgan fingerprint density at radius 1 is 1.35 bits per heavy atom. The fourth-order valence-electron chi connectivity index (χ4n) is 2.37. The highest BCUT2D eigenvalue weighted by Crippen LogP contribution is 2.37. The van der Waals surface area contributed by atoms with E-state index in [0.29, 0.717) is 6.42 Å². The molecule has 0 amide bonds. The number of carboxylic acids is 1. The number of benzene rings is 1. The van der Waals surface area contributed by atoms with Crippen LogP contribution in [-0.4, -0.2) is 22.8 Å². The molecule has 0 saturated heterocycles. The molecule has 1 aromatic rings. The maximum Gasteiger partial charge on any atom is 0.316 e. The molecule has 0 aliphatic heterocycles. The van der Waals surface area contributed by atoms with Gasteiger partial charge in [-0.25, -0.2) is 0 Å². The maximum atomic E-state index is 11.3. The summed E-state index contributed by atoms with van der Waals surface area (Å²) >= 11 is 0. The molecular formula is C14H20O3. The molecule has 3 nitrogen and oxygen atoms in total. The standard InChI is InChI=1S/C12H14O3.C2H6/c13-8-12(11(14)15)7-3-5-9-4-1-2-6-10(9)12;1-2/h1-2,4,6,13H,3,5,7-8H2,(H,14,15);1-2H3. The van der Waals surface area contributed by atoms with Gasteiger partial charge in [0.25, 0.3) is 0 Å². The number of aliphatic hydroxyl groups excluding tert-OH is 1. The van der Waals surface area contributed by atoms with Gasteiger partial charge in [0.2, 0.25) is 0 Å². The van der Waals surface area contributed by atoms with E-state index in [-0.39, 0.29) is 6.61 Å². The number of carbonyl (C=O) groups is 1. The Morgan fingerprint density at radius 2 is 2.00 bits per heavy atom. The minimum Gasteiger partial charge on any atom is -0.481 e. The van der Waals surface area contributed by atoms with Crippen molar-refractivity contribution in [3.05, 3.63) is 35.4 Å². The van der Waals surface area contributed by atoms with Crippen LogP contribution >= 0.6 is 0 Å². The second kappa shape index (κ2) is 5.82. The average Bonchev–Trinajstić information content (AvgIpc) is 2.40. The van der Waals surface area contributed by atoms with Gasteiger partial charge in [0.15, 0.2) is 0 Å². The third-order valence-corrected chi connectivity index (χ3v) is 3.26. The lowest BCUT2D eigenvalue weighted by Crippen LogP contribution is -2.42.